The van der Waals surface area contributed by atoms with E-state index in [0.29, 0.717) is 0 Å². The van der Waals surface area contributed by atoms with E-state index in [1.807, 2.05) is 6.92 Å². The highest BCUT2D eigenvalue weighted by Gasteiger charge is 2.63. The second-order valence-electron chi connectivity index (χ2n) is 7.13. The van der Waals surface area contributed by atoms with Gasteiger partial charge in [0, 0.05) is 17.8 Å². The van der Waals surface area contributed by atoms with Crippen molar-refractivity contribution in [2.24, 2.45) is 10.8 Å². The number of hydrogen-bond donors (Lipinski definition) is 0. The molecule has 3 aliphatic carbocycles. The van der Waals surface area contributed by atoms with Gasteiger partial charge in [0.15, 0.2) is 5.76 Å². The predicted octanol–water partition coefficient (Wildman–Crippen LogP) is 4.61. The van der Waals surface area contributed by atoms with E-state index in [1.165, 1.54) is 27.9 Å². The first-order valence-electron chi connectivity index (χ1n) is 7.49. The van der Waals surface area contributed by atoms with Gasteiger partial charge in [0.1, 0.15) is 5.76 Å². The van der Waals surface area contributed by atoms with E-state index in [2.05, 4.69) is 40.7 Å². The molecule has 2 bridgehead atoms. The van der Waals surface area contributed by atoms with Crippen molar-refractivity contribution in [3.63, 3.8) is 0 Å². The normalized spacial score (nSPS) is 36.9. The molecule has 1 spiro atoms. The van der Waals surface area contributed by atoms with Crippen LogP contribution in [0.3, 0.4) is 0 Å². The summed E-state index contributed by atoms with van der Waals surface area (Å²) < 4.78 is 12.0. The number of rotatable bonds is 0. The maximum Gasteiger partial charge on any atom is 0.238 e. The molecule has 0 aromatic carbocycles. The smallest absolute Gasteiger partial charge is 0.238 e. The maximum absolute atomic E-state index is 6.05. The van der Waals surface area contributed by atoms with Gasteiger partial charge in [-0.05, 0) is 49.5 Å². The molecular formula is C18H22O2. The van der Waals surface area contributed by atoms with E-state index in [-0.39, 0.29) is 17.1 Å². The third-order valence-electron chi connectivity index (χ3n) is 6.10. The summed E-state index contributed by atoms with van der Waals surface area (Å²) in [5.74, 6) is 2.06. The van der Waals surface area contributed by atoms with Crippen LogP contribution in [-0.2, 0) is 9.47 Å². The molecule has 0 N–H and O–H groups in total. The highest BCUT2D eigenvalue weighted by molar-refractivity contribution is 5.67. The minimum absolute atomic E-state index is 0.0535. The molecule has 4 rings (SSSR count). The minimum Gasteiger partial charge on any atom is -0.455 e. The molecule has 0 saturated carbocycles. The topological polar surface area (TPSA) is 18.5 Å². The van der Waals surface area contributed by atoms with Crippen molar-refractivity contribution in [3.05, 3.63) is 45.5 Å². The molecule has 20 heavy (non-hydrogen) atoms. The van der Waals surface area contributed by atoms with Crippen LogP contribution >= 0.6 is 0 Å². The fourth-order valence-corrected chi connectivity index (χ4v) is 4.78. The summed E-state index contributed by atoms with van der Waals surface area (Å²) in [6.07, 6.45) is 3.27. The van der Waals surface area contributed by atoms with E-state index in [9.17, 15) is 0 Å². The molecule has 0 fully saturated rings. The molecule has 2 nitrogen and oxygen atoms in total. The molecule has 2 atom stereocenters. The Kier molecular flexibility index (Phi) is 1.99. The van der Waals surface area contributed by atoms with Crippen LogP contribution in [0.15, 0.2) is 45.5 Å². The average Bonchev–Trinajstić information content (AvgIpc) is 2.99. The van der Waals surface area contributed by atoms with Crippen molar-refractivity contribution in [1.82, 2.24) is 0 Å². The molecule has 2 heteroatoms. The molecule has 106 valence electrons. The van der Waals surface area contributed by atoms with Gasteiger partial charge >= 0.3 is 0 Å². The monoisotopic (exact) mass is 270 g/mol. The Balaban J connectivity index is 2.02. The maximum atomic E-state index is 6.05. The van der Waals surface area contributed by atoms with Crippen LogP contribution in [-0.4, -0.2) is 6.29 Å². The van der Waals surface area contributed by atoms with Crippen molar-refractivity contribution >= 4 is 0 Å². The lowest BCUT2D eigenvalue weighted by Crippen LogP contribution is -2.41. The first-order chi connectivity index (χ1) is 9.30. The molecule has 0 aromatic heterocycles. The van der Waals surface area contributed by atoms with E-state index in [1.54, 1.807) is 0 Å². The van der Waals surface area contributed by atoms with E-state index < -0.39 is 0 Å². The van der Waals surface area contributed by atoms with Gasteiger partial charge in [0.25, 0.3) is 0 Å². The zero-order chi connectivity index (χ0) is 14.4. The third kappa shape index (κ3) is 1.02. The highest BCUT2D eigenvalue weighted by atomic mass is 16.7. The first-order valence-corrected chi connectivity index (χ1v) is 7.49. The summed E-state index contributed by atoms with van der Waals surface area (Å²) in [6, 6.07) is 0. The lowest BCUT2D eigenvalue weighted by atomic mass is 9.56. The third-order valence-corrected chi connectivity index (χ3v) is 6.10. The largest absolute Gasteiger partial charge is 0.455 e. The second kappa shape index (κ2) is 3.24. The van der Waals surface area contributed by atoms with Gasteiger partial charge in [-0.3, -0.25) is 0 Å². The first kappa shape index (κ1) is 12.3. The van der Waals surface area contributed by atoms with Crippen molar-refractivity contribution < 1.29 is 9.47 Å². The van der Waals surface area contributed by atoms with Gasteiger partial charge in [0.2, 0.25) is 6.29 Å². The van der Waals surface area contributed by atoms with Gasteiger partial charge in [0.05, 0.1) is 0 Å². The van der Waals surface area contributed by atoms with E-state index in [0.717, 1.165) is 17.9 Å². The quantitative estimate of drug-likeness (QED) is 0.639. The SMILES string of the molecule is CC1=C(C)C23CC(=CC2=C1C)C1=C(OC(C)O1)C3(C)C. The fourth-order valence-electron chi connectivity index (χ4n) is 4.78. The Bertz CT molecular complexity index is 670. The molecule has 0 aromatic rings. The summed E-state index contributed by atoms with van der Waals surface area (Å²) in [7, 11) is 0. The fraction of sp³-hybridized carbons (Fsp3) is 0.556. The van der Waals surface area contributed by atoms with Crippen LogP contribution in [0.5, 0.6) is 0 Å². The second-order valence-corrected chi connectivity index (χ2v) is 7.13. The van der Waals surface area contributed by atoms with Crippen molar-refractivity contribution in [3.8, 4) is 0 Å². The summed E-state index contributed by atoms with van der Waals surface area (Å²) in [6.45, 7) is 13.4. The predicted molar refractivity (Wildman–Crippen MR) is 78.6 cm³/mol. The van der Waals surface area contributed by atoms with Crippen LogP contribution in [0.25, 0.3) is 0 Å². The Morgan fingerprint density at radius 3 is 2.50 bits per heavy atom. The minimum atomic E-state index is -0.156. The van der Waals surface area contributed by atoms with Gasteiger partial charge < -0.3 is 9.47 Å². The van der Waals surface area contributed by atoms with Crippen molar-refractivity contribution in [2.75, 3.05) is 0 Å². The zero-order valence-corrected chi connectivity index (χ0v) is 13.2. The zero-order valence-electron chi connectivity index (χ0n) is 13.2. The molecule has 1 heterocycles. The number of fused-ring (bicyclic) bond motifs is 2. The molecule has 2 unspecified atom stereocenters. The van der Waals surface area contributed by atoms with E-state index in [4.69, 9.17) is 9.47 Å². The number of ether oxygens (including phenoxy) is 2. The van der Waals surface area contributed by atoms with Crippen LogP contribution in [0, 0.1) is 10.8 Å². The summed E-state index contributed by atoms with van der Waals surface area (Å²) in [5, 5.41) is 0. The van der Waals surface area contributed by atoms with Crippen LogP contribution in [0.4, 0.5) is 0 Å². The van der Waals surface area contributed by atoms with Gasteiger partial charge in [-0.2, -0.15) is 0 Å². The van der Waals surface area contributed by atoms with Gasteiger partial charge in [-0.15, -0.1) is 0 Å². The summed E-state index contributed by atoms with van der Waals surface area (Å²) in [4.78, 5) is 0. The molecule has 0 amide bonds. The number of hydrogen-bond acceptors (Lipinski definition) is 2. The van der Waals surface area contributed by atoms with Crippen LogP contribution in [0.1, 0.15) is 48.0 Å². The van der Waals surface area contributed by atoms with Crippen molar-refractivity contribution in [1.29, 1.82) is 0 Å². The van der Waals surface area contributed by atoms with Crippen LogP contribution in [0.2, 0.25) is 0 Å². The molecule has 4 aliphatic rings. The highest BCUT2D eigenvalue weighted by Crippen LogP contribution is 2.70. The molecule has 1 aliphatic heterocycles. The average molecular weight is 270 g/mol. The molecule has 0 radical (unpaired) electrons. The van der Waals surface area contributed by atoms with Crippen molar-refractivity contribution in [2.45, 2.75) is 54.3 Å². The molecular weight excluding hydrogens is 248 g/mol. The van der Waals surface area contributed by atoms with E-state index >= 15 is 0 Å². The lowest BCUT2D eigenvalue weighted by Gasteiger charge is -2.47. The standard InChI is InChI=1S/C18H22O2/c1-9-10(2)14-7-13-8-18(14,11(9)3)17(5,6)16-15(13)19-12(4)20-16/h7,12H,8H2,1-6H3. The number of allylic oxidation sites excluding steroid dienone is 7. The Labute approximate surface area is 120 Å². The van der Waals surface area contributed by atoms with Crippen LogP contribution < -0.4 is 0 Å². The summed E-state index contributed by atoms with van der Waals surface area (Å²) in [5.41, 5.74) is 7.26. The van der Waals surface area contributed by atoms with Gasteiger partial charge in [-0.25, -0.2) is 0 Å². The lowest BCUT2D eigenvalue weighted by molar-refractivity contribution is -0.0374. The Morgan fingerprint density at radius 2 is 1.80 bits per heavy atom. The summed E-state index contributed by atoms with van der Waals surface area (Å²) >= 11 is 0. The van der Waals surface area contributed by atoms with Gasteiger partial charge in [-0.1, -0.05) is 25.5 Å². The Hall–Kier alpha value is -1.44. The molecule has 0 saturated heterocycles. The Morgan fingerprint density at radius 1 is 1.10 bits per heavy atom.